The maximum Gasteiger partial charge on any atom is 0.161 e. The van der Waals surface area contributed by atoms with Crippen LogP contribution in [-0.2, 0) is 26.1 Å². The number of hydrogen-bond acceptors (Lipinski definition) is 8. The van der Waals surface area contributed by atoms with Gasteiger partial charge >= 0.3 is 0 Å². The second-order valence-electron chi connectivity index (χ2n) is 8.01. The topological polar surface area (TPSA) is 151 Å². The van der Waals surface area contributed by atoms with E-state index >= 15 is 0 Å². The van der Waals surface area contributed by atoms with E-state index in [4.69, 9.17) is 4.74 Å². The van der Waals surface area contributed by atoms with Crippen LogP contribution in [0.5, 0.6) is 34.5 Å². The molecule has 0 aliphatic rings. The molecule has 0 aliphatic carbocycles. The SMILES string of the molecule is COc1cc(Cc2cc(CO)c(O)c(C)c2O)cc(Cc2cc(CO)c(O)c(C)c2O)c1O. The molecule has 3 rings (SSSR count). The van der Waals surface area contributed by atoms with E-state index in [-0.39, 0.29) is 69.6 Å². The van der Waals surface area contributed by atoms with Gasteiger partial charge in [-0.05, 0) is 48.7 Å². The number of aliphatic hydroxyl groups is 2. The average Bonchev–Trinajstić information content (AvgIpc) is 2.81. The fraction of sp³-hybridized carbons (Fsp3) is 0.280. The molecule has 8 nitrogen and oxygen atoms in total. The number of benzene rings is 3. The summed E-state index contributed by atoms with van der Waals surface area (Å²) in [5.41, 5.74) is 2.97. The molecule has 0 heterocycles. The van der Waals surface area contributed by atoms with E-state index in [9.17, 15) is 35.7 Å². The molecular weight excluding hydrogens is 428 g/mol. The minimum absolute atomic E-state index is 0.0818. The molecule has 0 bridgehead atoms. The van der Waals surface area contributed by atoms with Gasteiger partial charge in [0.2, 0.25) is 0 Å². The van der Waals surface area contributed by atoms with Gasteiger partial charge in [-0.2, -0.15) is 0 Å². The molecule has 176 valence electrons. The van der Waals surface area contributed by atoms with Gasteiger partial charge in [-0.1, -0.05) is 6.07 Å². The largest absolute Gasteiger partial charge is 0.507 e. The van der Waals surface area contributed by atoms with Gasteiger partial charge in [-0.25, -0.2) is 0 Å². The van der Waals surface area contributed by atoms with E-state index in [1.165, 1.54) is 26.2 Å². The van der Waals surface area contributed by atoms with Crippen LogP contribution >= 0.6 is 0 Å². The van der Waals surface area contributed by atoms with Gasteiger partial charge < -0.3 is 40.5 Å². The molecule has 0 unspecified atom stereocenters. The predicted octanol–water partition coefficient (Wildman–Crippen LogP) is 3.01. The Labute approximate surface area is 191 Å². The lowest BCUT2D eigenvalue weighted by Gasteiger charge is -2.17. The van der Waals surface area contributed by atoms with E-state index in [0.717, 1.165) is 0 Å². The highest BCUT2D eigenvalue weighted by Gasteiger charge is 2.19. The molecule has 0 saturated heterocycles. The van der Waals surface area contributed by atoms with Crippen molar-refractivity contribution in [3.63, 3.8) is 0 Å². The molecule has 0 amide bonds. The lowest BCUT2D eigenvalue weighted by Crippen LogP contribution is -2.00. The lowest BCUT2D eigenvalue weighted by atomic mass is 9.93. The molecule has 7 N–H and O–H groups in total. The Morgan fingerprint density at radius 3 is 1.45 bits per heavy atom. The van der Waals surface area contributed by atoms with E-state index in [1.54, 1.807) is 19.1 Å². The third-order valence-corrected chi connectivity index (χ3v) is 5.88. The molecular formula is C25H28O8. The number of phenols is 5. The highest BCUT2D eigenvalue weighted by molar-refractivity contribution is 5.58. The molecule has 0 aliphatic heterocycles. The molecule has 0 fully saturated rings. The summed E-state index contributed by atoms with van der Waals surface area (Å²) in [6.45, 7) is 2.27. The summed E-state index contributed by atoms with van der Waals surface area (Å²) in [5, 5.41) is 70.8. The van der Waals surface area contributed by atoms with Crippen LogP contribution in [0.25, 0.3) is 0 Å². The van der Waals surface area contributed by atoms with Crippen LogP contribution in [-0.4, -0.2) is 42.9 Å². The summed E-state index contributed by atoms with van der Waals surface area (Å²) in [6.07, 6.45) is 0.296. The van der Waals surface area contributed by atoms with Crippen LogP contribution in [0, 0.1) is 13.8 Å². The Morgan fingerprint density at radius 2 is 1.00 bits per heavy atom. The summed E-state index contributed by atoms with van der Waals surface area (Å²) in [4.78, 5) is 0. The Morgan fingerprint density at radius 1 is 0.576 bits per heavy atom. The Hall–Kier alpha value is -3.62. The van der Waals surface area contributed by atoms with Crippen molar-refractivity contribution in [1.82, 2.24) is 0 Å². The van der Waals surface area contributed by atoms with Crippen molar-refractivity contribution in [1.29, 1.82) is 0 Å². The molecule has 0 spiro atoms. The van der Waals surface area contributed by atoms with E-state index in [2.05, 4.69) is 0 Å². The maximum atomic E-state index is 10.7. The Balaban J connectivity index is 2.07. The van der Waals surface area contributed by atoms with Crippen molar-refractivity contribution in [2.75, 3.05) is 7.11 Å². The van der Waals surface area contributed by atoms with Crippen LogP contribution < -0.4 is 4.74 Å². The van der Waals surface area contributed by atoms with Crippen LogP contribution in [0.1, 0.15) is 44.5 Å². The number of phenolic OH excluding ortho intramolecular Hbond substituents is 3. The summed E-state index contributed by atoms with van der Waals surface area (Å²) in [5.74, 6) is -0.533. The number of rotatable bonds is 7. The number of aromatic hydroxyl groups is 5. The molecule has 0 atom stereocenters. The predicted molar refractivity (Wildman–Crippen MR) is 121 cm³/mol. The number of ether oxygens (including phenoxy) is 1. The van der Waals surface area contributed by atoms with Crippen molar-refractivity contribution in [2.45, 2.75) is 39.9 Å². The summed E-state index contributed by atoms with van der Waals surface area (Å²) >= 11 is 0. The molecule has 8 heteroatoms. The van der Waals surface area contributed by atoms with E-state index < -0.39 is 13.2 Å². The van der Waals surface area contributed by atoms with Gasteiger partial charge in [0.15, 0.2) is 11.5 Å². The van der Waals surface area contributed by atoms with Crippen molar-refractivity contribution < 1.29 is 40.5 Å². The first-order valence-corrected chi connectivity index (χ1v) is 10.3. The minimum Gasteiger partial charge on any atom is -0.507 e. The third kappa shape index (κ3) is 4.48. The van der Waals surface area contributed by atoms with Gasteiger partial charge in [-0.3, -0.25) is 0 Å². The maximum absolute atomic E-state index is 10.7. The minimum atomic E-state index is -0.415. The van der Waals surface area contributed by atoms with Crippen LogP contribution in [0.4, 0.5) is 0 Å². The summed E-state index contributed by atoms with van der Waals surface area (Å²) in [6, 6.07) is 6.29. The Bertz CT molecular complexity index is 1200. The van der Waals surface area contributed by atoms with Crippen LogP contribution in [0.2, 0.25) is 0 Å². The highest BCUT2D eigenvalue weighted by Crippen LogP contribution is 2.40. The average molecular weight is 456 g/mol. The molecule has 0 saturated carbocycles. The summed E-state index contributed by atoms with van der Waals surface area (Å²) < 4.78 is 5.30. The molecule has 3 aromatic carbocycles. The first-order chi connectivity index (χ1) is 15.6. The van der Waals surface area contributed by atoms with Crippen LogP contribution in [0.3, 0.4) is 0 Å². The van der Waals surface area contributed by atoms with Crippen molar-refractivity contribution in [3.8, 4) is 34.5 Å². The molecule has 3 aromatic rings. The van der Waals surface area contributed by atoms with Gasteiger partial charge in [0.25, 0.3) is 0 Å². The molecule has 33 heavy (non-hydrogen) atoms. The Kier molecular flexibility index (Phi) is 6.90. The lowest BCUT2D eigenvalue weighted by molar-refractivity contribution is 0.274. The second kappa shape index (κ2) is 9.48. The monoisotopic (exact) mass is 456 g/mol. The third-order valence-electron chi connectivity index (χ3n) is 5.88. The van der Waals surface area contributed by atoms with E-state index in [0.29, 0.717) is 22.3 Å². The molecule has 0 radical (unpaired) electrons. The standard InChI is InChI=1S/C25H28O8/c1-12-21(28)15(8-18(10-26)23(12)30)4-14-5-16(25(32)20(6-14)33-3)7-17-9-19(11-27)24(31)13(2)22(17)29/h5-6,8-9,26-32H,4,7,10-11H2,1-3H3. The number of aliphatic hydroxyl groups excluding tert-OH is 2. The quantitative estimate of drug-likeness (QED) is 0.287. The van der Waals surface area contributed by atoms with Gasteiger partial charge in [0.05, 0.1) is 20.3 Å². The van der Waals surface area contributed by atoms with Crippen molar-refractivity contribution >= 4 is 0 Å². The first kappa shape index (κ1) is 24.0. The number of methoxy groups -OCH3 is 1. The zero-order valence-corrected chi connectivity index (χ0v) is 18.7. The zero-order chi connectivity index (χ0) is 24.4. The fourth-order valence-corrected chi connectivity index (χ4v) is 3.94. The molecule has 0 aromatic heterocycles. The van der Waals surface area contributed by atoms with Crippen LogP contribution in [0.15, 0.2) is 24.3 Å². The van der Waals surface area contributed by atoms with Gasteiger partial charge in [0.1, 0.15) is 23.0 Å². The highest BCUT2D eigenvalue weighted by atomic mass is 16.5. The first-order valence-electron chi connectivity index (χ1n) is 10.3. The van der Waals surface area contributed by atoms with Gasteiger partial charge in [0, 0.05) is 40.7 Å². The normalized spacial score (nSPS) is 11.1. The smallest absolute Gasteiger partial charge is 0.161 e. The van der Waals surface area contributed by atoms with Gasteiger partial charge in [-0.15, -0.1) is 0 Å². The zero-order valence-electron chi connectivity index (χ0n) is 18.7. The fourth-order valence-electron chi connectivity index (χ4n) is 3.94. The van der Waals surface area contributed by atoms with E-state index in [1.807, 2.05) is 0 Å². The summed E-state index contributed by atoms with van der Waals surface area (Å²) in [7, 11) is 1.40. The number of hydrogen-bond donors (Lipinski definition) is 7. The van der Waals surface area contributed by atoms with Crippen molar-refractivity contribution in [3.05, 3.63) is 68.8 Å². The second-order valence-corrected chi connectivity index (χ2v) is 8.01. The van der Waals surface area contributed by atoms with Crippen molar-refractivity contribution in [2.24, 2.45) is 0 Å².